The zero-order chi connectivity index (χ0) is 15.3. The van der Waals surface area contributed by atoms with E-state index in [9.17, 15) is 4.57 Å². The minimum Gasteiger partial charge on any atom is -0.315 e. The molecule has 0 fully saturated rings. The van der Waals surface area contributed by atoms with Crippen LogP contribution in [0.2, 0.25) is 0 Å². The lowest BCUT2D eigenvalue weighted by Gasteiger charge is -2.21. The lowest BCUT2D eigenvalue weighted by Crippen LogP contribution is -2.31. The first-order chi connectivity index (χ1) is 10.8. The van der Waals surface area contributed by atoms with Gasteiger partial charge in [-0.2, -0.15) is 5.20 Å². The second-order valence-electron chi connectivity index (χ2n) is 4.88. The molecule has 3 rings (SSSR count). The fraction of sp³-hybridized carbons (Fsp3) is 0. The van der Waals surface area contributed by atoms with Gasteiger partial charge in [0.2, 0.25) is 7.29 Å². The van der Waals surface area contributed by atoms with E-state index < -0.39 is 7.29 Å². The summed E-state index contributed by atoms with van der Waals surface area (Å²) in [5.74, 6) is 0. The molecule has 0 saturated heterocycles. The van der Waals surface area contributed by atoms with Gasteiger partial charge in [0.15, 0.2) is 0 Å². The molecule has 0 saturated carbocycles. The number of rotatable bonds is 5. The summed E-state index contributed by atoms with van der Waals surface area (Å²) in [6.07, 6.45) is 0. The van der Waals surface area contributed by atoms with E-state index in [2.05, 4.69) is 10.6 Å². The number of hydrazine groups is 1. The summed E-state index contributed by atoms with van der Waals surface area (Å²) in [5, 5.41) is 4.59. The van der Waals surface area contributed by atoms with Crippen LogP contribution in [0.25, 0.3) is 0 Å². The van der Waals surface area contributed by atoms with Crippen molar-refractivity contribution >= 4 is 23.6 Å². The quantitative estimate of drug-likeness (QED) is 0.559. The normalized spacial score (nSPS) is 11.1. The van der Waals surface area contributed by atoms with E-state index >= 15 is 0 Å². The first-order valence-corrected chi connectivity index (χ1v) is 8.79. The van der Waals surface area contributed by atoms with Crippen LogP contribution in [0, 0.1) is 0 Å². The zero-order valence-electron chi connectivity index (χ0n) is 12.0. The molecule has 0 amide bonds. The third-order valence-corrected chi connectivity index (χ3v) is 5.85. The molecular weight excluding hydrogens is 291 g/mol. The summed E-state index contributed by atoms with van der Waals surface area (Å²) in [7, 11) is -2.95. The molecule has 0 aliphatic carbocycles. The van der Waals surface area contributed by atoms with Gasteiger partial charge >= 0.3 is 0 Å². The smallest absolute Gasteiger partial charge is 0.221 e. The van der Waals surface area contributed by atoms with Gasteiger partial charge in [-0.25, -0.2) is 0 Å². The number of anilines is 1. The number of para-hydroxylation sites is 1. The van der Waals surface area contributed by atoms with Gasteiger partial charge in [0, 0.05) is 16.3 Å². The molecule has 0 aliphatic heterocycles. The predicted octanol–water partition coefficient (Wildman–Crippen LogP) is 3.53. The molecule has 0 bridgehead atoms. The van der Waals surface area contributed by atoms with E-state index in [0.717, 1.165) is 16.3 Å². The number of hydrogen-bond donors (Lipinski definition) is 2. The van der Waals surface area contributed by atoms with E-state index in [1.54, 1.807) is 0 Å². The molecule has 22 heavy (non-hydrogen) atoms. The molecule has 0 radical (unpaired) electrons. The predicted molar refractivity (Wildman–Crippen MR) is 93.0 cm³/mol. The molecule has 0 aromatic heterocycles. The van der Waals surface area contributed by atoms with Gasteiger partial charge in [-0.3, -0.25) is 4.57 Å². The standard InChI is InChI=1S/C18H17N2OP/c21-22(17-12-6-2-7-13-17,18-14-8-3-9-15-18)20-19-16-10-4-1-5-11-16/h1-15,19H,(H,20,21). The number of nitrogens with one attached hydrogen (secondary N) is 2. The highest BCUT2D eigenvalue weighted by atomic mass is 31.2. The minimum atomic E-state index is -2.95. The third kappa shape index (κ3) is 3.11. The van der Waals surface area contributed by atoms with Gasteiger partial charge < -0.3 is 5.43 Å². The van der Waals surface area contributed by atoms with Crippen molar-refractivity contribution < 1.29 is 4.57 Å². The Balaban J connectivity index is 1.95. The van der Waals surface area contributed by atoms with E-state index in [4.69, 9.17) is 0 Å². The maximum Gasteiger partial charge on any atom is 0.221 e. The summed E-state index contributed by atoms with van der Waals surface area (Å²) in [6.45, 7) is 0. The SMILES string of the molecule is O=P(NNc1ccccc1)(c1ccccc1)c1ccccc1. The lowest BCUT2D eigenvalue weighted by molar-refractivity contribution is 0.582. The summed E-state index contributed by atoms with van der Waals surface area (Å²) in [4.78, 5) is 0. The van der Waals surface area contributed by atoms with Gasteiger partial charge in [0.05, 0.1) is 0 Å². The van der Waals surface area contributed by atoms with Gasteiger partial charge in [0.1, 0.15) is 0 Å². The maximum absolute atomic E-state index is 13.6. The van der Waals surface area contributed by atoms with Crippen LogP contribution in [0.5, 0.6) is 0 Å². The van der Waals surface area contributed by atoms with Crippen LogP contribution >= 0.6 is 7.29 Å². The van der Waals surface area contributed by atoms with Crippen LogP contribution in [0.15, 0.2) is 91.0 Å². The molecule has 2 N–H and O–H groups in total. The molecule has 0 spiro atoms. The van der Waals surface area contributed by atoms with Crippen molar-refractivity contribution in [1.82, 2.24) is 5.20 Å². The Labute approximate surface area is 130 Å². The fourth-order valence-electron chi connectivity index (χ4n) is 2.22. The first kappa shape index (κ1) is 14.6. The second kappa shape index (κ2) is 6.61. The van der Waals surface area contributed by atoms with Crippen molar-refractivity contribution in [3.63, 3.8) is 0 Å². The number of hydrogen-bond acceptors (Lipinski definition) is 2. The van der Waals surface area contributed by atoms with Crippen LogP contribution in [0.4, 0.5) is 5.69 Å². The molecule has 3 aromatic carbocycles. The Morgan fingerprint density at radius 2 is 1.00 bits per heavy atom. The zero-order valence-corrected chi connectivity index (χ0v) is 12.9. The third-order valence-electron chi connectivity index (χ3n) is 3.37. The second-order valence-corrected chi connectivity index (χ2v) is 7.36. The Bertz CT molecular complexity index is 717. The monoisotopic (exact) mass is 308 g/mol. The number of benzene rings is 3. The average Bonchev–Trinajstić information content (AvgIpc) is 2.62. The summed E-state index contributed by atoms with van der Waals surface area (Å²) < 4.78 is 13.6. The minimum absolute atomic E-state index is 0.768. The molecule has 110 valence electrons. The molecule has 4 heteroatoms. The van der Waals surface area contributed by atoms with Crippen molar-refractivity contribution in [1.29, 1.82) is 0 Å². The average molecular weight is 308 g/mol. The van der Waals surface area contributed by atoms with Crippen LogP contribution < -0.4 is 21.2 Å². The van der Waals surface area contributed by atoms with Crippen LogP contribution in [-0.2, 0) is 4.57 Å². The first-order valence-electron chi connectivity index (χ1n) is 7.09. The Morgan fingerprint density at radius 3 is 1.45 bits per heavy atom. The highest BCUT2D eigenvalue weighted by molar-refractivity contribution is 7.77. The highest BCUT2D eigenvalue weighted by Crippen LogP contribution is 2.38. The fourth-order valence-corrected chi connectivity index (χ4v) is 4.25. The van der Waals surface area contributed by atoms with Crippen LogP contribution in [-0.4, -0.2) is 0 Å². The van der Waals surface area contributed by atoms with Crippen LogP contribution in [0.1, 0.15) is 0 Å². The molecule has 3 aromatic rings. The van der Waals surface area contributed by atoms with E-state index in [-0.39, 0.29) is 0 Å². The van der Waals surface area contributed by atoms with Gasteiger partial charge in [0.25, 0.3) is 0 Å². The highest BCUT2D eigenvalue weighted by Gasteiger charge is 2.26. The topological polar surface area (TPSA) is 41.1 Å². The van der Waals surface area contributed by atoms with Gasteiger partial charge in [-0.15, -0.1) is 0 Å². The molecule has 0 unspecified atom stereocenters. The lowest BCUT2D eigenvalue weighted by atomic mass is 10.3. The van der Waals surface area contributed by atoms with E-state index in [1.807, 2.05) is 91.0 Å². The van der Waals surface area contributed by atoms with Crippen molar-refractivity contribution in [2.24, 2.45) is 0 Å². The Kier molecular flexibility index (Phi) is 4.38. The van der Waals surface area contributed by atoms with Crippen molar-refractivity contribution in [3.05, 3.63) is 91.0 Å². The van der Waals surface area contributed by atoms with Crippen molar-refractivity contribution in [2.45, 2.75) is 0 Å². The molecule has 3 nitrogen and oxygen atoms in total. The van der Waals surface area contributed by atoms with Gasteiger partial charge in [-0.1, -0.05) is 54.6 Å². The molecule has 0 heterocycles. The van der Waals surface area contributed by atoms with E-state index in [0.29, 0.717) is 0 Å². The van der Waals surface area contributed by atoms with Gasteiger partial charge in [-0.05, 0) is 36.4 Å². The summed E-state index contributed by atoms with van der Waals surface area (Å²) in [6, 6.07) is 28.6. The molecule has 0 aliphatic rings. The maximum atomic E-state index is 13.6. The largest absolute Gasteiger partial charge is 0.315 e. The Hall–Kier alpha value is -2.35. The molecule has 0 atom stereocenters. The van der Waals surface area contributed by atoms with Crippen molar-refractivity contribution in [2.75, 3.05) is 5.43 Å². The van der Waals surface area contributed by atoms with E-state index in [1.165, 1.54) is 0 Å². The van der Waals surface area contributed by atoms with Crippen molar-refractivity contribution in [3.8, 4) is 0 Å². The summed E-state index contributed by atoms with van der Waals surface area (Å²) in [5.41, 5.74) is 3.94. The summed E-state index contributed by atoms with van der Waals surface area (Å²) >= 11 is 0. The molecular formula is C18H17N2OP. The Morgan fingerprint density at radius 1 is 0.591 bits per heavy atom. The van der Waals surface area contributed by atoms with Crippen LogP contribution in [0.3, 0.4) is 0 Å².